The van der Waals surface area contributed by atoms with E-state index in [1.807, 2.05) is 36.4 Å². The summed E-state index contributed by atoms with van der Waals surface area (Å²) >= 11 is 0. The van der Waals surface area contributed by atoms with E-state index >= 15 is 0 Å². The molecule has 0 amide bonds. The zero-order valence-electron chi connectivity index (χ0n) is 44.9. The van der Waals surface area contributed by atoms with Crippen molar-refractivity contribution in [3.63, 3.8) is 0 Å². The topological polar surface area (TPSA) is 197 Å². The number of esters is 4. The first-order valence-electron chi connectivity index (χ1n) is 26.7. The monoisotopic (exact) mass is 1160 g/mol. The van der Waals surface area contributed by atoms with E-state index < -0.39 is 50.1 Å². The Kier molecular flexibility index (Phi) is 19.3. The molecule has 0 N–H and O–H groups in total. The van der Waals surface area contributed by atoms with Gasteiger partial charge in [-0.15, -0.1) is 0 Å². The van der Waals surface area contributed by atoms with Crippen molar-refractivity contribution in [2.75, 3.05) is 6.61 Å². The maximum Gasteiger partial charge on any atom is 0.396 e. The molecule has 8 fully saturated rings. The van der Waals surface area contributed by atoms with Gasteiger partial charge in [0.2, 0.25) is 0 Å². The van der Waals surface area contributed by atoms with E-state index in [0.717, 1.165) is 61.7 Å². The summed E-state index contributed by atoms with van der Waals surface area (Å²) in [6, 6.07) is 28.5. The van der Waals surface area contributed by atoms with Gasteiger partial charge in [-0.05, 0) is 158 Å². The fourth-order valence-corrected chi connectivity index (χ4v) is 16.8. The molecule has 1 heterocycles. The SMILES string of the molecule is C=C(C)C(=O)OC1(C)C2CC3CC(C2)CC1C3.C=C(C)C(=O)OC1C2CC3C(=O)OC1C3C2.C=C(C)C(=O)OCCC(F)(F)C(F)(F)S(=O)(=O)[O-].O=S(=O)(c1ccc([S+](c2ccccc2)c2ccccc2)cc1)C1CCCCC1. The number of alkyl halides is 4. The molecular formula is C59H70F4O13S3. The molecule has 5 unspecified atom stereocenters. The van der Waals surface area contributed by atoms with Gasteiger partial charge in [-0.2, -0.15) is 17.6 Å². The molecule has 0 aromatic heterocycles. The largest absolute Gasteiger partial charge is 0.743 e. The molecule has 6 bridgehead atoms. The Morgan fingerprint density at radius 3 is 1.67 bits per heavy atom. The standard InChI is InChI=1S/C24H25O2S2.C15H22O2.C12H14O4.C8H10F4O5S/c25-28(26,23-14-8-3-9-15-23)24-18-16-22(17-19-24)27(20-10-4-1-5-11-20)21-12-6-2-7-13-21;1-9(2)14(16)17-15(3)12-5-10-4-11(7-12)8-13(15)6-10;1-5(2)11(13)15-9-6-3-7-8(4-6)12(14)16-10(7)9;1-5(2)6(13)17-4-3-7(9,10)8(11,12)18(14,15)16/h1-2,4-7,10-13,16-19,23H,3,8-9,14-15H2;10-13H,1,4-8H2,2-3H3;6-10H,1,3-4H2,2H3;1,3-4H2,2H3,(H,14,15,16)/q+1;;;/p-1. The third-order valence-electron chi connectivity index (χ3n) is 16.5. The number of sulfone groups is 1. The second-order valence-electron chi connectivity index (χ2n) is 22.3. The second-order valence-corrected chi connectivity index (χ2v) is 27.9. The fraction of sp³-hybridized carbons (Fsp3) is 0.525. The van der Waals surface area contributed by atoms with Crippen LogP contribution in [0.2, 0.25) is 0 Å². The van der Waals surface area contributed by atoms with E-state index in [2.05, 4.69) is 79.9 Å². The number of benzene rings is 3. The van der Waals surface area contributed by atoms with Gasteiger partial charge in [0, 0.05) is 28.6 Å². The zero-order chi connectivity index (χ0) is 57.8. The zero-order valence-corrected chi connectivity index (χ0v) is 47.4. The fourth-order valence-electron chi connectivity index (χ4n) is 12.4. The molecule has 430 valence electrons. The Morgan fingerprint density at radius 1 is 0.696 bits per heavy atom. The third kappa shape index (κ3) is 13.7. The molecule has 11 rings (SSSR count). The highest BCUT2D eigenvalue weighted by molar-refractivity contribution is 7.97. The van der Waals surface area contributed by atoms with Gasteiger partial charge in [-0.1, -0.05) is 75.4 Å². The average Bonchev–Trinajstić information content (AvgIpc) is 4.31. The van der Waals surface area contributed by atoms with Crippen LogP contribution in [0.25, 0.3) is 0 Å². The van der Waals surface area contributed by atoms with Crippen molar-refractivity contribution in [3.05, 3.63) is 121 Å². The van der Waals surface area contributed by atoms with Gasteiger partial charge in [-0.3, -0.25) is 4.79 Å². The van der Waals surface area contributed by atoms with Gasteiger partial charge in [0.05, 0.1) is 40.0 Å². The number of fused-ring (bicyclic) bond motifs is 1. The molecule has 5 atom stereocenters. The van der Waals surface area contributed by atoms with E-state index in [-0.39, 0.29) is 69.3 Å². The van der Waals surface area contributed by atoms with Crippen LogP contribution < -0.4 is 0 Å². The number of halogens is 4. The van der Waals surface area contributed by atoms with Gasteiger partial charge in [0.15, 0.2) is 34.6 Å². The first kappa shape index (κ1) is 61.3. The molecule has 3 aromatic carbocycles. The van der Waals surface area contributed by atoms with Crippen LogP contribution in [0.3, 0.4) is 0 Å². The minimum atomic E-state index is -6.52. The molecule has 3 aromatic rings. The molecule has 20 heteroatoms. The maximum absolute atomic E-state index is 13.0. The lowest BCUT2D eigenvalue weighted by Gasteiger charge is -2.59. The molecule has 13 nitrogen and oxygen atoms in total. The predicted molar refractivity (Wildman–Crippen MR) is 286 cm³/mol. The quantitative estimate of drug-likeness (QED) is 0.0348. The van der Waals surface area contributed by atoms with Crippen molar-refractivity contribution in [3.8, 4) is 0 Å². The van der Waals surface area contributed by atoms with Crippen LogP contribution in [-0.2, 0) is 69.0 Å². The molecular weight excluding hydrogens is 1090 g/mol. The molecule has 0 spiro atoms. The molecule has 7 aliphatic carbocycles. The van der Waals surface area contributed by atoms with E-state index in [0.29, 0.717) is 33.8 Å². The number of hydrogen-bond donors (Lipinski definition) is 0. The lowest BCUT2D eigenvalue weighted by Crippen LogP contribution is -2.58. The van der Waals surface area contributed by atoms with Crippen LogP contribution in [0.4, 0.5) is 17.6 Å². The summed E-state index contributed by atoms with van der Waals surface area (Å²) in [5, 5.41) is -5.98. The van der Waals surface area contributed by atoms with E-state index in [1.165, 1.54) is 48.8 Å². The van der Waals surface area contributed by atoms with Crippen LogP contribution in [0.15, 0.2) is 141 Å². The molecule has 79 heavy (non-hydrogen) atoms. The summed E-state index contributed by atoms with van der Waals surface area (Å²) in [7, 11) is -10.00. The minimum absolute atomic E-state index is 0.0646. The van der Waals surface area contributed by atoms with Gasteiger partial charge >= 0.3 is 35.1 Å². The molecule has 1 aliphatic heterocycles. The Hall–Kier alpha value is -5.31. The van der Waals surface area contributed by atoms with E-state index in [1.54, 1.807) is 13.8 Å². The van der Waals surface area contributed by atoms with Crippen molar-refractivity contribution >= 4 is 54.7 Å². The third-order valence-corrected chi connectivity index (χ3v) is 21.9. The van der Waals surface area contributed by atoms with Crippen LogP contribution in [-0.4, -0.2) is 86.1 Å². The number of rotatable bonds is 15. The Bertz CT molecular complexity index is 2900. The molecule has 8 aliphatic rings. The first-order chi connectivity index (χ1) is 37.0. The maximum atomic E-state index is 13.0. The minimum Gasteiger partial charge on any atom is -0.743 e. The number of carbonyl (C=O) groups is 4. The van der Waals surface area contributed by atoms with Crippen molar-refractivity contribution in [2.24, 2.45) is 41.4 Å². The Balaban J connectivity index is 0.000000157. The smallest absolute Gasteiger partial charge is 0.396 e. The van der Waals surface area contributed by atoms with Crippen LogP contribution in [0.5, 0.6) is 0 Å². The predicted octanol–water partition coefficient (Wildman–Crippen LogP) is 11.5. The van der Waals surface area contributed by atoms with Gasteiger partial charge in [-0.25, -0.2) is 31.2 Å². The van der Waals surface area contributed by atoms with Crippen molar-refractivity contribution in [1.82, 2.24) is 0 Å². The highest BCUT2D eigenvalue weighted by Gasteiger charge is 2.64. The molecule has 7 saturated carbocycles. The Morgan fingerprint density at radius 2 is 1.19 bits per heavy atom. The van der Waals surface area contributed by atoms with Crippen molar-refractivity contribution in [1.29, 1.82) is 0 Å². The van der Waals surface area contributed by atoms with Crippen molar-refractivity contribution in [2.45, 2.75) is 165 Å². The first-order valence-corrected chi connectivity index (χ1v) is 30.9. The second kappa shape index (κ2) is 24.8. The van der Waals surface area contributed by atoms with Crippen LogP contribution in [0.1, 0.15) is 111 Å². The summed E-state index contributed by atoms with van der Waals surface area (Å²) in [6.07, 6.45) is 10.8. The lowest BCUT2D eigenvalue weighted by molar-refractivity contribution is -0.199. The van der Waals surface area contributed by atoms with Crippen LogP contribution in [0, 0.1) is 41.4 Å². The normalized spacial score (nSPS) is 27.4. The highest BCUT2D eigenvalue weighted by Crippen LogP contribution is 2.60. The number of hydrogen-bond acceptors (Lipinski definition) is 13. The van der Waals surface area contributed by atoms with E-state index in [4.69, 9.17) is 14.2 Å². The highest BCUT2D eigenvalue weighted by atomic mass is 32.2. The summed E-state index contributed by atoms with van der Waals surface area (Å²) < 4.78 is 127. The van der Waals surface area contributed by atoms with Crippen LogP contribution >= 0.6 is 0 Å². The number of carbonyl (C=O) groups excluding carboxylic acids is 4. The number of ether oxygens (including phenoxy) is 4. The summed E-state index contributed by atoms with van der Waals surface area (Å²) in [6.45, 7) is 15.9. The van der Waals surface area contributed by atoms with Crippen molar-refractivity contribution < 1.29 is 77.1 Å². The lowest BCUT2D eigenvalue weighted by atomic mass is 9.50. The molecule has 1 saturated heterocycles. The van der Waals surface area contributed by atoms with E-state index in [9.17, 15) is 58.1 Å². The molecule has 0 radical (unpaired) electrons. The summed E-state index contributed by atoms with van der Waals surface area (Å²) in [4.78, 5) is 49.6. The van der Waals surface area contributed by atoms with Gasteiger partial charge in [0.25, 0.3) is 0 Å². The summed E-state index contributed by atoms with van der Waals surface area (Å²) in [5.74, 6) is -3.25. The summed E-state index contributed by atoms with van der Waals surface area (Å²) in [5.41, 5.74) is 0.564. The van der Waals surface area contributed by atoms with Gasteiger partial charge in [0.1, 0.15) is 17.8 Å². The Labute approximate surface area is 464 Å². The van der Waals surface area contributed by atoms with Gasteiger partial charge < -0.3 is 23.5 Å². The average molecular weight is 1160 g/mol.